The Kier molecular flexibility index (Phi) is 5.44. The zero-order chi connectivity index (χ0) is 18.5. The molecule has 0 saturated heterocycles. The fourth-order valence-electron chi connectivity index (χ4n) is 2.00. The summed E-state index contributed by atoms with van der Waals surface area (Å²) in [5.41, 5.74) is 0.801. The molecule has 0 bridgehead atoms. The molecule has 11 heteroatoms. The number of H-pyrrole nitrogens is 1. The monoisotopic (exact) mass is 390 g/mol. The molecule has 2 aromatic heterocycles. The summed E-state index contributed by atoms with van der Waals surface area (Å²) >= 11 is 6.87. The van der Waals surface area contributed by atoms with E-state index in [0.29, 0.717) is 11.0 Å². The van der Waals surface area contributed by atoms with Crippen LogP contribution in [0.1, 0.15) is 0 Å². The van der Waals surface area contributed by atoms with E-state index in [1.54, 1.807) is 18.5 Å². The molecule has 9 nitrogen and oxygen atoms in total. The summed E-state index contributed by atoms with van der Waals surface area (Å²) < 4.78 is 0. The Morgan fingerprint density at radius 2 is 2.23 bits per heavy atom. The molecular formula is C15H11ClN6O3S. The number of benzene rings is 1. The molecule has 0 saturated carbocycles. The van der Waals surface area contributed by atoms with Crippen LogP contribution in [0.3, 0.4) is 0 Å². The van der Waals surface area contributed by atoms with Crippen molar-refractivity contribution in [1.82, 2.24) is 20.2 Å². The van der Waals surface area contributed by atoms with Gasteiger partial charge >= 0.3 is 0 Å². The lowest BCUT2D eigenvalue weighted by Gasteiger charge is -2.04. The molecule has 132 valence electrons. The van der Waals surface area contributed by atoms with E-state index in [1.807, 2.05) is 6.07 Å². The number of nitro benzene ring substituents is 1. The van der Waals surface area contributed by atoms with Crippen molar-refractivity contribution in [2.75, 3.05) is 11.1 Å². The number of hydrogen-bond acceptors (Lipinski definition) is 7. The van der Waals surface area contributed by atoms with Gasteiger partial charge in [-0.05, 0) is 24.3 Å². The zero-order valence-corrected chi connectivity index (χ0v) is 14.6. The Bertz CT molecular complexity index is 950. The summed E-state index contributed by atoms with van der Waals surface area (Å²) in [7, 11) is 0. The first-order chi connectivity index (χ1) is 12.5. The van der Waals surface area contributed by atoms with E-state index in [1.165, 1.54) is 18.2 Å². The van der Waals surface area contributed by atoms with Gasteiger partial charge in [0, 0.05) is 29.7 Å². The van der Waals surface area contributed by atoms with Crippen LogP contribution in [0.5, 0.6) is 0 Å². The first kappa shape index (κ1) is 17.8. The van der Waals surface area contributed by atoms with Gasteiger partial charge in [0.05, 0.1) is 10.7 Å². The van der Waals surface area contributed by atoms with E-state index < -0.39 is 4.92 Å². The standard InChI is InChI=1S/C15H11ClN6O3S/c16-11-4-3-10(6-12(11)22(24)25)18-13(23)8-26-15-19-14(20-21-15)9-2-1-5-17-7-9/h1-7H,8H2,(H,18,23)(H,19,20,21). The predicted octanol–water partition coefficient (Wildman–Crippen LogP) is 3.16. The Balaban J connectivity index is 1.59. The second-order valence-electron chi connectivity index (χ2n) is 4.97. The van der Waals surface area contributed by atoms with Gasteiger partial charge in [0.1, 0.15) is 5.02 Å². The minimum Gasteiger partial charge on any atom is -0.325 e. The Morgan fingerprint density at radius 3 is 2.96 bits per heavy atom. The van der Waals surface area contributed by atoms with Crippen LogP contribution in [0.25, 0.3) is 11.4 Å². The summed E-state index contributed by atoms with van der Waals surface area (Å²) in [5.74, 6) is 0.245. The molecule has 26 heavy (non-hydrogen) atoms. The minimum absolute atomic E-state index is 0.00558. The van der Waals surface area contributed by atoms with Gasteiger partial charge in [-0.2, -0.15) is 0 Å². The van der Waals surface area contributed by atoms with E-state index in [0.717, 1.165) is 17.3 Å². The average Bonchev–Trinajstić information content (AvgIpc) is 3.11. The highest BCUT2D eigenvalue weighted by atomic mass is 35.5. The predicted molar refractivity (Wildman–Crippen MR) is 97.1 cm³/mol. The number of nitrogens with one attached hydrogen (secondary N) is 2. The number of hydrogen-bond donors (Lipinski definition) is 2. The summed E-state index contributed by atoms with van der Waals surface area (Å²) in [4.78, 5) is 30.6. The summed E-state index contributed by atoms with van der Waals surface area (Å²) in [5, 5.41) is 20.7. The fraction of sp³-hybridized carbons (Fsp3) is 0.0667. The number of amides is 1. The SMILES string of the molecule is O=C(CSc1n[nH]c(-c2cccnc2)n1)Nc1ccc(Cl)c([N+](=O)[O-])c1. The van der Waals surface area contributed by atoms with Crippen LogP contribution >= 0.6 is 23.4 Å². The number of pyridine rings is 1. The second-order valence-corrected chi connectivity index (χ2v) is 6.32. The maximum atomic E-state index is 12.0. The van der Waals surface area contributed by atoms with Crippen molar-refractivity contribution < 1.29 is 9.72 Å². The van der Waals surface area contributed by atoms with Gasteiger partial charge in [-0.3, -0.25) is 25.0 Å². The van der Waals surface area contributed by atoms with Crippen LogP contribution in [-0.2, 0) is 4.79 Å². The highest BCUT2D eigenvalue weighted by Gasteiger charge is 2.14. The van der Waals surface area contributed by atoms with E-state index >= 15 is 0 Å². The third kappa shape index (κ3) is 4.35. The van der Waals surface area contributed by atoms with Gasteiger partial charge < -0.3 is 5.32 Å². The Labute approximate surface area is 156 Å². The maximum Gasteiger partial charge on any atom is 0.289 e. The molecule has 0 radical (unpaired) electrons. The van der Waals surface area contributed by atoms with E-state index in [9.17, 15) is 14.9 Å². The van der Waals surface area contributed by atoms with E-state index in [4.69, 9.17) is 11.6 Å². The van der Waals surface area contributed by atoms with E-state index in [-0.39, 0.29) is 28.1 Å². The molecule has 0 aliphatic heterocycles. The van der Waals surface area contributed by atoms with Gasteiger partial charge in [0.15, 0.2) is 5.82 Å². The summed E-state index contributed by atoms with van der Waals surface area (Å²) in [6, 6.07) is 7.67. The van der Waals surface area contributed by atoms with Gasteiger partial charge in [-0.1, -0.05) is 23.4 Å². The number of thioether (sulfide) groups is 1. The third-order valence-electron chi connectivity index (χ3n) is 3.16. The zero-order valence-electron chi connectivity index (χ0n) is 13.0. The van der Waals surface area contributed by atoms with Gasteiger partial charge in [0.2, 0.25) is 11.1 Å². The highest BCUT2D eigenvalue weighted by molar-refractivity contribution is 7.99. The van der Waals surface area contributed by atoms with Crippen molar-refractivity contribution in [3.63, 3.8) is 0 Å². The molecule has 0 fully saturated rings. The lowest BCUT2D eigenvalue weighted by molar-refractivity contribution is -0.384. The first-order valence-corrected chi connectivity index (χ1v) is 8.58. The van der Waals surface area contributed by atoms with Crippen molar-refractivity contribution in [2.24, 2.45) is 0 Å². The molecule has 2 N–H and O–H groups in total. The molecule has 1 amide bonds. The number of aromatic amines is 1. The number of anilines is 1. The van der Waals surface area contributed by atoms with Crippen LogP contribution in [-0.4, -0.2) is 36.7 Å². The first-order valence-electron chi connectivity index (χ1n) is 7.22. The van der Waals surface area contributed by atoms with Crippen LogP contribution in [0, 0.1) is 10.1 Å². The average molecular weight is 391 g/mol. The number of nitro groups is 1. The van der Waals surface area contributed by atoms with Crippen molar-refractivity contribution in [2.45, 2.75) is 5.16 Å². The number of carbonyl (C=O) groups excluding carboxylic acids is 1. The van der Waals surface area contributed by atoms with Crippen LogP contribution in [0.2, 0.25) is 5.02 Å². The largest absolute Gasteiger partial charge is 0.325 e. The lowest BCUT2D eigenvalue weighted by Crippen LogP contribution is -2.14. The number of nitrogens with zero attached hydrogens (tertiary/aromatic N) is 4. The van der Waals surface area contributed by atoms with Crippen molar-refractivity contribution in [1.29, 1.82) is 0 Å². The van der Waals surface area contributed by atoms with Crippen molar-refractivity contribution in [3.8, 4) is 11.4 Å². The lowest BCUT2D eigenvalue weighted by atomic mass is 10.3. The van der Waals surface area contributed by atoms with Gasteiger partial charge in [-0.25, -0.2) is 4.98 Å². The maximum absolute atomic E-state index is 12.0. The number of carbonyl (C=O) groups is 1. The topological polar surface area (TPSA) is 127 Å². The van der Waals surface area contributed by atoms with Crippen LogP contribution in [0.4, 0.5) is 11.4 Å². The molecule has 0 aliphatic rings. The van der Waals surface area contributed by atoms with Crippen LogP contribution < -0.4 is 5.32 Å². The van der Waals surface area contributed by atoms with E-state index in [2.05, 4.69) is 25.5 Å². The number of aromatic nitrogens is 4. The molecule has 2 heterocycles. The molecule has 3 aromatic rings. The van der Waals surface area contributed by atoms with Crippen LogP contribution in [0.15, 0.2) is 47.9 Å². The van der Waals surface area contributed by atoms with Gasteiger partial charge in [0.25, 0.3) is 5.69 Å². The number of halogens is 1. The Morgan fingerprint density at radius 1 is 1.38 bits per heavy atom. The molecule has 0 aliphatic carbocycles. The molecule has 0 atom stereocenters. The van der Waals surface area contributed by atoms with Gasteiger partial charge in [-0.15, -0.1) is 5.10 Å². The normalized spacial score (nSPS) is 10.5. The fourth-order valence-corrected chi connectivity index (χ4v) is 2.79. The highest BCUT2D eigenvalue weighted by Crippen LogP contribution is 2.27. The third-order valence-corrected chi connectivity index (χ3v) is 4.33. The minimum atomic E-state index is -0.611. The summed E-state index contributed by atoms with van der Waals surface area (Å²) in [6.07, 6.45) is 3.30. The Hall–Kier alpha value is -2.98. The second kappa shape index (κ2) is 7.93. The molecular weight excluding hydrogens is 380 g/mol. The number of rotatable bonds is 6. The quantitative estimate of drug-likeness (QED) is 0.376. The molecule has 0 spiro atoms. The summed E-state index contributed by atoms with van der Waals surface area (Å²) in [6.45, 7) is 0. The molecule has 1 aromatic carbocycles. The smallest absolute Gasteiger partial charge is 0.289 e. The molecule has 0 unspecified atom stereocenters. The molecule has 3 rings (SSSR count). The van der Waals surface area contributed by atoms with Crippen molar-refractivity contribution >= 4 is 40.6 Å². The van der Waals surface area contributed by atoms with Crippen molar-refractivity contribution in [3.05, 3.63) is 57.9 Å².